The molecule has 2 aromatic carbocycles. The molecule has 3 aromatic rings. The number of hydrogen-bond donors (Lipinski definition) is 3. The van der Waals surface area contributed by atoms with Gasteiger partial charge in [0.25, 0.3) is 10.0 Å². The molecule has 12 heteroatoms. The van der Waals surface area contributed by atoms with E-state index in [-0.39, 0.29) is 16.5 Å². The van der Waals surface area contributed by atoms with E-state index in [9.17, 15) is 12.8 Å². The second-order valence-corrected chi connectivity index (χ2v) is 10.8. The molecule has 1 fully saturated rings. The molecule has 4 rings (SSSR count). The molecule has 0 bridgehead atoms. The number of thiazole rings is 1. The van der Waals surface area contributed by atoms with Crippen molar-refractivity contribution in [2.45, 2.75) is 23.8 Å². The SMILES string of the molecule is CN[C@@H]1CCCN(c2cc(Cl)ccc2Nc2cc(F)c(S(=O)(=O)Nc3cscn3)cc2Cl)C1. The van der Waals surface area contributed by atoms with Crippen molar-refractivity contribution in [1.29, 1.82) is 0 Å². The van der Waals surface area contributed by atoms with Crippen LogP contribution in [0, 0.1) is 5.82 Å². The normalized spacial score (nSPS) is 16.6. The van der Waals surface area contributed by atoms with Gasteiger partial charge in [-0.25, -0.2) is 17.8 Å². The molecule has 0 unspecified atom stereocenters. The predicted molar refractivity (Wildman–Crippen MR) is 133 cm³/mol. The number of rotatable bonds is 7. The first-order chi connectivity index (χ1) is 15.8. The maximum atomic E-state index is 14.9. The van der Waals surface area contributed by atoms with Crippen molar-refractivity contribution in [2.75, 3.05) is 35.1 Å². The lowest BCUT2D eigenvalue weighted by Gasteiger charge is -2.35. The molecule has 1 saturated heterocycles. The minimum absolute atomic E-state index is 0.0581. The first-order valence-corrected chi connectivity index (χ1v) is 13.3. The number of anilines is 4. The summed E-state index contributed by atoms with van der Waals surface area (Å²) in [4.78, 5) is 5.51. The van der Waals surface area contributed by atoms with Crippen LogP contribution >= 0.6 is 34.5 Å². The van der Waals surface area contributed by atoms with Gasteiger partial charge < -0.3 is 15.5 Å². The Morgan fingerprint density at radius 1 is 1.21 bits per heavy atom. The van der Waals surface area contributed by atoms with E-state index in [0.717, 1.165) is 43.8 Å². The Hall–Kier alpha value is -2.11. The molecule has 0 saturated carbocycles. The van der Waals surface area contributed by atoms with Crippen LogP contribution in [-0.2, 0) is 10.0 Å². The monoisotopic (exact) mass is 529 g/mol. The first kappa shape index (κ1) is 24.0. The summed E-state index contributed by atoms with van der Waals surface area (Å²) in [5.41, 5.74) is 3.26. The molecule has 0 amide bonds. The Balaban J connectivity index is 1.63. The largest absolute Gasteiger partial charge is 0.368 e. The highest BCUT2D eigenvalue weighted by Gasteiger charge is 2.24. The molecule has 7 nitrogen and oxygen atoms in total. The average molecular weight is 530 g/mol. The molecule has 0 radical (unpaired) electrons. The van der Waals surface area contributed by atoms with Gasteiger partial charge in [-0.15, -0.1) is 11.3 Å². The average Bonchev–Trinajstić information content (AvgIpc) is 3.29. The summed E-state index contributed by atoms with van der Waals surface area (Å²) in [7, 11) is -2.25. The number of aromatic nitrogens is 1. The Labute approximate surface area is 206 Å². The van der Waals surface area contributed by atoms with Gasteiger partial charge in [0, 0.05) is 35.6 Å². The quantitative estimate of drug-likeness (QED) is 0.383. The molecule has 0 spiro atoms. The smallest absolute Gasteiger partial charge is 0.266 e. The number of benzene rings is 2. The standard InChI is InChI=1S/C21H22Cl2FN5O2S2/c1-25-14-3-2-6-29(10-14)19-7-13(22)4-5-17(19)27-18-9-16(24)20(8-15(18)23)33(30,31)28-21-11-32-12-26-21/h4-5,7-9,11-12,14,25,27-28H,2-3,6,10H2,1H3/t14-/m1/s1. The number of hydrogen-bond acceptors (Lipinski definition) is 7. The summed E-state index contributed by atoms with van der Waals surface area (Å²) in [5.74, 6) is -0.821. The van der Waals surface area contributed by atoms with Crippen LogP contribution in [0.2, 0.25) is 10.0 Å². The van der Waals surface area contributed by atoms with Crippen LogP contribution < -0.4 is 20.3 Å². The zero-order valence-corrected chi connectivity index (χ0v) is 20.8. The molecule has 176 valence electrons. The fourth-order valence-corrected chi connectivity index (χ4v) is 5.82. The van der Waals surface area contributed by atoms with Crippen molar-refractivity contribution in [3.8, 4) is 0 Å². The van der Waals surface area contributed by atoms with E-state index in [1.54, 1.807) is 12.1 Å². The third kappa shape index (κ3) is 5.52. The van der Waals surface area contributed by atoms with Crippen LogP contribution in [0.3, 0.4) is 0 Å². The van der Waals surface area contributed by atoms with Crippen LogP contribution in [-0.4, -0.2) is 39.6 Å². The lowest BCUT2D eigenvalue weighted by atomic mass is 10.0. The van der Waals surface area contributed by atoms with Crippen LogP contribution in [0.25, 0.3) is 0 Å². The van der Waals surface area contributed by atoms with Crippen molar-refractivity contribution < 1.29 is 12.8 Å². The van der Waals surface area contributed by atoms with Crippen molar-refractivity contribution in [3.05, 3.63) is 57.1 Å². The van der Waals surface area contributed by atoms with E-state index in [0.29, 0.717) is 16.8 Å². The van der Waals surface area contributed by atoms with Gasteiger partial charge in [0.2, 0.25) is 0 Å². The Bertz CT molecular complexity index is 1240. The van der Waals surface area contributed by atoms with Crippen LogP contribution in [0.4, 0.5) is 27.3 Å². The molecule has 3 N–H and O–H groups in total. The highest BCUT2D eigenvalue weighted by atomic mass is 35.5. The third-order valence-corrected chi connectivity index (χ3v) is 7.89. The van der Waals surface area contributed by atoms with Gasteiger partial charge >= 0.3 is 0 Å². The fourth-order valence-electron chi connectivity index (χ4n) is 3.73. The Morgan fingerprint density at radius 2 is 2.03 bits per heavy atom. The molecule has 1 atom stereocenters. The highest BCUT2D eigenvalue weighted by molar-refractivity contribution is 7.92. The van der Waals surface area contributed by atoms with Crippen LogP contribution in [0.1, 0.15) is 12.8 Å². The molecule has 1 aliphatic heterocycles. The predicted octanol–water partition coefficient (Wildman–Crippen LogP) is 5.32. The van der Waals surface area contributed by atoms with Gasteiger partial charge in [0.1, 0.15) is 10.7 Å². The van der Waals surface area contributed by atoms with Crippen molar-refractivity contribution in [1.82, 2.24) is 10.3 Å². The minimum atomic E-state index is -4.19. The van der Waals surface area contributed by atoms with E-state index in [4.69, 9.17) is 23.2 Å². The number of piperidine rings is 1. The summed E-state index contributed by atoms with van der Waals surface area (Å²) in [6.45, 7) is 1.65. The number of nitrogens with zero attached hydrogens (tertiary/aromatic N) is 2. The highest BCUT2D eigenvalue weighted by Crippen LogP contribution is 2.37. The maximum absolute atomic E-state index is 14.9. The van der Waals surface area contributed by atoms with Crippen molar-refractivity contribution >= 4 is 67.4 Å². The molecular weight excluding hydrogens is 508 g/mol. The molecule has 1 aliphatic rings. The minimum Gasteiger partial charge on any atom is -0.368 e. The van der Waals surface area contributed by atoms with Crippen LogP contribution in [0.15, 0.2) is 46.1 Å². The Kier molecular flexibility index (Phi) is 7.30. The topological polar surface area (TPSA) is 86.4 Å². The summed E-state index contributed by atoms with van der Waals surface area (Å²) < 4.78 is 42.4. The van der Waals surface area contributed by atoms with E-state index in [1.165, 1.54) is 22.2 Å². The van der Waals surface area contributed by atoms with E-state index in [2.05, 4.69) is 25.2 Å². The number of likely N-dealkylation sites (N-methyl/N-ethyl adjacent to an activating group) is 1. The summed E-state index contributed by atoms with van der Waals surface area (Å²) in [6, 6.07) is 7.88. The second kappa shape index (κ2) is 10.0. The summed E-state index contributed by atoms with van der Waals surface area (Å²) >= 11 is 13.8. The fraction of sp³-hybridized carbons (Fsp3) is 0.286. The van der Waals surface area contributed by atoms with Crippen molar-refractivity contribution in [2.24, 2.45) is 0 Å². The van der Waals surface area contributed by atoms with Crippen LogP contribution in [0.5, 0.6) is 0 Å². The lowest BCUT2D eigenvalue weighted by Crippen LogP contribution is -2.44. The summed E-state index contributed by atoms with van der Waals surface area (Å²) in [6.07, 6.45) is 2.10. The van der Waals surface area contributed by atoms with Gasteiger partial charge in [0.05, 0.1) is 27.6 Å². The van der Waals surface area contributed by atoms with Gasteiger partial charge in [-0.3, -0.25) is 4.72 Å². The maximum Gasteiger partial charge on any atom is 0.266 e. The lowest BCUT2D eigenvalue weighted by molar-refractivity contribution is 0.450. The van der Waals surface area contributed by atoms with E-state index < -0.39 is 20.7 Å². The molecule has 33 heavy (non-hydrogen) atoms. The van der Waals surface area contributed by atoms with Crippen molar-refractivity contribution in [3.63, 3.8) is 0 Å². The number of halogens is 3. The van der Waals surface area contributed by atoms with Gasteiger partial charge in [-0.1, -0.05) is 23.2 Å². The molecule has 0 aliphatic carbocycles. The summed E-state index contributed by atoms with van der Waals surface area (Å²) in [5, 5.41) is 8.60. The van der Waals surface area contributed by atoms with Gasteiger partial charge in [-0.05, 0) is 44.2 Å². The zero-order chi connectivity index (χ0) is 23.6. The Morgan fingerprint density at radius 3 is 2.76 bits per heavy atom. The number of nitrogens with one attached hydrogen (secondary N) is 3. The van der Waals surface area contributed by atoms with Gasteiger partial charge in [-0.2, -0.15) is 0 Å². The first-order valence-electron chi connectivity index (χ1n) is 10.2. The second-order valence-electron chi connectivity index (χ2n) is 7.60. The molecule has 2 heterocycles. The van der Waals surface area contributed by atoms with E-state index in [1.807, 2.05) is 13.1 Å². The molecule has 1 aromatic heterocycles. The molecular formula is C21H22Cl2FN5O2S2. The number of sulfonamides is 1. The third-order valence-electron chi connectivity index (χ3n) is 5.38. The van der Waals surface area contributed by atoms with E-state index >= 15 is 0 Å². The van der Waals surface area contributed by atoms with Gasteiger partial charge in [0.15, 0.2) is 5.82 Å². The zero-order valence-electron chi connectivity index (χ0n) is 17.6.